The smallest absolute Gasteiger partial charge is 0.338 e. The minimum absolute atomic E-state index is 0.272. The molecule has 0 atom stereocenters. The van der Waals surface area contributed by atoms with E-state index in [2.05, 4.69) is 15.5 Å². The predicted octanol–water partition coefficient (Wildman–Crippen LogP) is 2.47. The van der Waals surface area contributed by atoms with Crippen molar-refractivity contribution in [1.82, 2.24) is 15.5 Å². The van der Waals surface area contributed by atoms with E-state index in [1.807, 2.05) is 0 Å². The molecule has 2 aromatic rings. The van der Waals surface area contributed by atoms with Gasteiger partial charge in [-0.3, -0.25) is 0 Å². The lowest BCUT2D eigenvalue weighted by Gasteiger charge is -2.05. The molecule has 0 radical (unpaired) electrons. The summed E-state index contributed by atoms with van der Waals surface area (Å²) in [6.07, 6.45) is -4.34. The molecule has 96 valence electrons. The van der Waals surface area contributed by atoms with Crippen molar-refractivity contribution in [2.24, 2.45) is 0 Å². The maximum absolute atomic E-state index is 12.4. The summed E-state index contributed by atoms with van der Waals surface area (Å²) in [4.78, 5) is 4.04. The summed E-state index contributed by atoms with van der Waals surface area (Å²) in [7, 11) is 1.72. The van der Waals surface area contributed by atoms with Crippen LogP contribution in [0.3, 0.4) is 0 Å². The van der Waals surface area contributed by atoms with E-state index in [1.54, 1.807) is 7.05 Å². The van der Waals surface area contributed by atoms with Gasteiger partial charge in [0, 0.05) is 5.56 Å². The van der Waals surface area contributed by atoms with Crippen LogP contribution in [0.25, 0.3) is 11.4 Å². The van der Waals surface area contributed by atoms with Gasteiger partial charge in [-0.15, -0.1) is 0 Å². The van der Waals surface area contributed by atoms with Gasteiger partial charge in [-0.05, 0) is 19.2 Å². The first-order valence-electron chi connectivity index (χ1n) is 5.15. The van der Waals surface area contributed by atoms with E-state index in [0.717, 1.165) is 12.1 Å². The molecule has 0 saturated carbocycles. The van der Waals surface area contributed by atoms with Crippen LogP contribution in [-0.4, -0.2) is 17.2 Å². The molecule has 0 saturated heterocycles. The van der Waals surface area contributed by atoms with Crippen LogP contribution in [0.4, 0.5) is 13.2 Å². The Morgan fingerprint density at radius 2 is 1.89 bits per heavy atom. The Balaban J connectivity index is 2.23. The molecule has 0 fully saturated rings. The number of halogens is 3. The standard InChI is InChI=1S/C11H10F3N3O/c1-15-6-9-16-10(17-18-9)7-2-4-8(5-3-7)11(12,13)14/h2-5,15H,6H2,1H3. The largest absolute Gasteiger partial charge is 0.416 e. The fourth-order valence-corrected chi connectivity index (χ4v) is 1.40. The summed E-state index contributed by atoms with van der Waals surface area (Å²) in [5.41, 5.74) is -0.223. The molecule has 0 unspecified atom stereocenters. The summed E-state index contributed by atoms with van der Waals surface area (Å²) < 4.78 is 42.0. The van der Waals surface area contributed by atoms with Crippen molar-refractivity contribution in [3.05, 3.63) is 35.7 Å². The van der Waals surface area contributed by atoms with Gasteiger partial charge >= 0.3 is 6.18 Å². The van der Waals surface area contributed by atoms with Crippen molar-refractivity contribution in [3.63, 3.8) is 0 Å². The topological polar surface area (TPSA) is 51.0 Å². The molecule has 2 rings (SSSR count). The van der Waals surface area contributed by atoms with Crippen molar-refractivity contribution in [3.8, 4) is 11.4 Å². The third kappa shape index (κ3) is 2.67. The lowest BCUT2D eigenvalue weighted by atomic mass is 10.1. The van der Waals surface area contributed by atoms with Crippen LogP contribution >= 0.6 is 0 Å². The van der Waals surface area contributed by atoms with Crippen LogP contribution in [-0.2, 0) is 12.7 Å². The van der Waals surface area contributed by atoms with Gasteiger partial charge < -0.3 is 9.84 Å². The lowest BCUT2D eigenvalue weighted by Crippen LogP contribution is -2.05. The molecule has 4 nitrogen and oxygen atoms in total. The third-order valence-corrected chi connectivity index (χ3v) is 2.27. The van der Waals surface area contributed by atoms with Crippen molar-refractivity contribution in [1.29, 1.82) is 0 Å². The van der Waals surface area contributed by atoms with Crippen LogP contribution in [0, 0.1) is 0 Å². The highest BCUT2D eigenvalue weighted by atomic mass is 19.4. The number of rotatable bonds is 3. The molecule has 0 amide bonds. The highest BCUT2D eigenvalue weighted by Crippen LogP contribution is 2.30. The zero-order chi connectivity index (χ0) is 13.2. The molecule has 1 aromatic carbocycles. The van der Waals surface area contributed by atoms with Crippen molar-refractivity contribution >= 4 is 0 Å². The second-order valence-electron chi connectivity index (χ2n) is 3.62. The zero-order valence-corrected chi connectivity index (χ0v) is 9.45. The number of aromatic nitrogens is 2. The van der Waals surface area contributed by atoms with E-state index < -0.39 is 11.7 Å². The lowest BCUT2D eigenvalue weighted by molar-refractivity contribution is -0.137. The molecular weight excluding hydrogens is 247 g/mol. The highest BCUT2D eigenvalue weighted by Gasteiger charge is 2.30. The Hall–Kier alpha value is -1.89. The van der Waals surface area contributed by atoms with Crippen LogP contribution in [0.15, 0.2) is 28.8 Å². The van der Waals surface area contributed by atoms with Gasteiger partial charge in [0.2, 0.25) is 11.7 Å². The monoisotopic (exact) mass is 257 g/mol. The summed E-state index contributed by atoms with van der Waals surface area (Å²) in [6, 6.07) is 4.61. The maximum Gasteiger partial charge on any atom is 0.416 e. The number of hydrogen-bond acceptors (Lipinski definition) is 4. The first-order chi connectivity index (χ1) is 8.50. The molecule has 0 aliphatic rings. The van der Waals surface area contributed by atoms with Crippen LogP contribution in [0.5, 0.6) is 0 Å². The Bertz CT molecular complexity index is 519. The number of nitrogens with zero attached hydrogens (tertiary/aromatic N) is 2. The summed E-state index contributed by atoms with van der Waals surface area (Å²) in [5.74, 6) is 0.654. The zero-order valence-electron chi connectivity index (χ0n) is 9.45. The van der Waals surface area contributed by atoms with Gasteiger partial charge in [0.05, 0.1) is 12.1 Å². The molecule has 18 heavy (non-hydrogen) atoms. The fraction of sp³-hybridized carbons (Fsp3) is 0.273. The summed E-state index contributed by atoms with van der Waals surface area (Å²) >= 11 is 0. The molecule has 1 aromatic heterocycles. The number of nitrogens with one attached hydrogen (secondary N) is 1. The first-order valence-corrected chi connectivity index (χ1v) is 5.15. The van der Waals surface area contributed by atoms with Crippen molar-refractivity contribution in [2.75, 3.05) is 7.05 Å². The van der Waals surface area contributed by atoms with Gasteiger partial charge in [-0.2, -0.15) is 18.2 Å². The minimum Gasteiger partial charge on any atom is -0.338 e. The quantitative estimate of drug-likeness (QED) is 0.917. The van der Waals surface area contributed by atoms with Crippen molar-refractivity contribution in [2.45, 2.75) is 12.7 Å². The normalized spacial score (nSPS) is 11.8. The Morgan fingerprint density at radius 1 is 1.22 bits per heavy atom. The molecular formula is C11H10F3N3O. The van der Waals surface area contributed by atoms with Crippen LogP contribution in [0.2, 0.25) is 0 Å². The van der Waals surface area contributed by atoms with Gasteiger partial charge in [0.1, 0.15) is 0 Å². The molecule has 0 aliphatic heterocycles. The summed E-state index contributed by atoms with van der Waals surface area (Å²) in [6.45, 7) is 0.410. The highest BCUT2D eigenvalue weighted by molar-refractivity contribution is 5.54. The minimum atomic E-state index is -4.34. The second-order valence-corrected chi connectivity index (χ2v) is 3.62. The van der Waals surface area contributed by atoms with E-state index in [9.17, 15) is 13.2 Å². The molecule has 0 aliphatic carbocycles. The Morgan fingerprint density at radius 3 is 2.44 bits per heavy atom. The SMILES string of the molecule is CNCc1nc(-c2ccc(C(F)(F)F)cc2)no1. The van der Waals surface area contributed by atoms with Gasteiger partial charge in [0.15, 0.2) is 0 Å². The van der Waals surface area contributed by atoms with E-state index in [4.69, 9.17) is 4.52 Å². The molecule has 0 bridgehead atoms. The average molecular weight is 257 g/mol. The number of alkyl halides is 3. The first kappa shape index (κ1) is 12.6. The van der Waals surface area contributed by atoms with E-state index in [-0.39, 0.29) is 5.82 Å². The molecule has 0 spiro atoms. The van der Waals surface area contributed by atoms with Crippen molar-refractivity contribution < 1.29 is 17.7 Å². The molecule has 1 N–H and O–H groups in total. The van der Waals surface area contributed by atoms with Crippen LogP contribution in [0.1, 0.15) is 11.5 Å². The third-order valence-electron chi connectivity index (χ3n) is 2.27. The Kier molecular flexibility index (Phi) is 3.33. The number of benzene rings is 1. The van der Waals surface area contributed by atoms with Gasteiger partial charge in [0.25, 0.3) is 0 Å². The average Bonchev–Trinajstić information content (AvgIpc) is 2.77. The van der Waals surface area contributed by atoms with E-state index >= 15 is 0 Å². The molecule has 7 heteroatoms. The number of hydrogen-bond donors (Lipinski definition) is 1. The van der Waals surface area contributed by atoms with Gasteiger partial charge in [-0.1, -0.05) is 17.3 Å². The Labute approximate surface area is 101 Å². The van der Waals surface area contributed by atoms with Gasteiger partial charge in [-0.25, -0.2) is 0 Å². The second kappa shape index (κ2) is 4.77. The molecule has 1 heterocycles. The van der Waals surface area contributed by atoms with E-state index in [0.29, 0.717) is 18.0 Å². The predicted molar refractivity (Wildman–Crippen MR) is 57.5 cm³/mol. The summed E-state index contributed by atoms with van der Waals surface area (Å²) in [5, 5.41) is 6.52. The van der Waals surface area contributed by atoms with E-state index in [1.165, 1.54) is 12.1 Å². The fourth-order valence-electron chi connectivity index (χ4n) is 1.40. The maximum atomic E-state index is 12.4. The van der Waals surface area contributed by atoms with Crippen LogP contribution < -0.4 is 5.32 Å².